The molecule has 1 aliphatic heterocycles. The number of amides is 1. The van der Waals surface area contributed by atoms with Gasteiger partial charge in [-0.3, -0.25) is 4.79 Å². The number of carbonyl (C=O) groups excluding carboxylic acids is 1. The van der Waals surface area contributed by atoms with Crippen molar-refractivity contribution in [3.63, 3.8) is 0 Å². The van der Waals surface area contributed by atoms with Crippen LogP contribution in [0.3, 0.4) is 0 Å². The van der Waals surface area contributed by atoms with Gasteiger partial charge in [-0.2, -0.15) is 0 Å². The van der Waals surface area contributed by atoms with Crippen molar-refractivity contribution < 1.29 is 19.0 Å². The summed E-state index contributed by atoms with van der Waals surface area (Å²) in [6.45, 7) is 2.27. The second-order valence-electron chi connectivity index (χ2n) is 6.30. The Balaban J connectivity index is 1.72. The number of hydrogen-bond acceptors (Lipinski definition) is 4. The zero-order valence-electron chi connectivity index (χ0n) is 15.0. The molecule has 0 radical (unpaired) electrons. The lowest BCUT2D eigenvalue weighted by Gasteiger charge is -2.26. The number of fused-ring (bicyclic) bond motifs is 1. The van der Waals surface area contributed by atoms with Crippen molar-refractivity contribution in [1.82, 2.24) is 5.32 Å². The predicted octanol–water partition coefficient (Wildman–Crippen LogP) is 3.79. The van der Waals surface area contributed by atoms with Crippen LogP contribution in [0.25, 0.3) is 0 Å². The number of rotatable bonds is 5. The molecule has 138 valence electrons. The second kappa shape index (κ2) is 7.87. The number of hydrogen-bond donors (Lipinski definition) is 1. The summed E-state index contributed by atoms with van der Waals surface area (Å²) in [5.74, 6) is 1.89. The van der Waals surface area contributed by atoms with Gasteiger partial charge in [-0.15, -0.1) is 0 Å². The molecule has 0 spiro atoms. The van der Waals surface area contributed by atoms with Crippen molar-refractivity contribution in [2.75, 3.05) is 20.8 Å². The van der Waals surface area contributed by atoms with Crippen LogP contribution in [0.1, 0.15) is 24.1 Å². The first-order valence-electron chi connectivity index (χ1n) is 8.45. The lowest BCUT2D eigenvalue weighted by Crippen LogP contribution is -2.38. The van der Waals surface area contributed by atoms with Crippen molar-refractivity contribution in [3.05, 3.63) is 52.5 Å². The van der Waals surface area contributed by atoms with E-state index in [0.717, 1.165) is 16.9 Å². The molecule has 0 bridgehead atoms. The van der Waals surface area contributed by atoms with Gasteiger partial charge in [0.25, 0.3) is 0 Å². The number of halogens is 1. The van der Waals surface area contributed by atoms with Crippen LogP contribution in [-0.4, -0.2) is 26.7 Å². The SMILES string of the molecule is COc1ccc(OC)c([C@H](C)NC(=O)[C@H]2COc3ccc(Cl)cc3C2)c1. The topological polar surface area (TPSA) is 56.8 Å². The third kappa shape index (κ3) is 3.88. The number of methoxy groups -OCH3 is 2. The van der Waals surface area contributed by atoms with Gasteiger partial charge in [-0.05, 0) is 55.3 Å². The standard InChI is InChI=1S/C20H22ClNO4/c1-12(17-10-16(24-2)5-7-19(17)25-3)22-20(23)14-8-13-9-15(21)4-6-18(13)26-11-14/h4-7,9-10,12,14H,8,11H2,1-3H3,(H,22,23)/t12-,14+/m0/s1. The fourth-order valence-corrected chi connectivity index (χ4v) is 3.31. The van der Waals surface area contributed by atoms with E-state index in [4.69, 9.17) is 25.8 Å². The van der Waals surface area contributed by atoms with E-state index in [0.29, 0.717) is 29.5 Å². The first kappa shape index (κ1) is 18.4. The Morgan fingerprint density at radius 3 is 2.77 bits per heavy atom. The summed E-state index contributed by atoms with van der Waals surface area (Å²) in [4.78, 5) is 12.7. The lowest BCUT2D eigenvalue weighted by molar-refractivity contribution is -0.126. The maximum atomic E-state index is 12.7. The minimum absolute atomic E-state index is 0.0620. The molecule has 1 N–H and O–H groups in total. The van der Waals surface area contributed by atoms with Gasteiger partial charge in [0.05, 0.1) is 26.2 Å². The number of ether oxygens (including phenoxy) is 3. The van der Waals surface area contributed by atoms with Crippen LogP contribution in [0.4, 0.5) is 0 Å². The van der Waals surface area contributed by atoms with Crippen LogP contribution in [-0.2, 0) is 11.2 Å². The fourth-order valence-electron chi connectivity index (χ4n) is 3.12. The van der Waals surface area contributed by atoms with E-state index in [-0.39, 0.29) is 17.9 Å². The lowest BCUT2D eigenvalue weighted by atomic mass is 9.95. The Morgan fingerprint density at radius 2 is 2.04 bits per heavy atom. The van der Waals surface area contributed by atoms with Gasteiger partial charge in [-0.25, -0.2) is 0 Å². The second-order valence-corrected chi connectivity index (χ2v) is 6.74. The Kier molecular flexibility index (Phi) is 5.57. The van der Waals surface area contributed by atoms with E-state index in [1.807, 2.05) is 37.3 Å². The fraction of sp³-hybridized carbons (Fsp3) is 0.350. The molecule has 3 rings (SSSR count). The minimum Gasteiger partial charge on any atom is -0.497 e. The first-order valence-corrected chi connectivity index (χ1v) is 8.83. The molecule has 2 aromatic carbocycles. The third-order valence-corrected chi connectivity index (χ3v) is 4.80. The Labute approximate surface area is 158 Å². The van der Waals surface area contributed by atoms with Gasteiger partial charge in [0, 0.05) is 10.6 Å². The molecule has 5 nitrogen and oxygen atoms in total. The maximum absolute atomic E-state index is 12.7. The molecule has 2 aromatic rings. The van der Waals surface area contributed by atoms with Gasteiger partial charge in [0.2, 0.25) is 5.91 Å². The van der Waals surface area contributed by atoms with Crippen molar-refractivity contribution in [2.24, 2.45) is 5.92 Å². The van der Waals surface area contributed by atoms with Crippen LogP contribution in [0.15, 0.2) is 36.4 Å². The molecule has 0 aromatic heterocycles. The molecule has 0 unspecified atom stereocenters. The molecule has 6 heteroatoms. The van der Waals surface area contributed by atoms with E-state index in [1.54, 1.807) is 20.3 Å². The quantitative estimate of drug-likeness (QED) is 0.863. The molecule has 1 heterocycles. The van der Waals surface area contributed by atoms with Crippen molar-refractivity contribution in [1.29, 1.82) is 0 Å². The average molecular weight is 376 g/mol. The third-order valence-electron chi connectivity index (χ3n) is 4.56. The largest absolute Gasteiger partial charge is 0.497 e. The van der Waals surface area contributed by atoms with Gasteiger partial charge in [-0.1, -0.05) is 11.6 Å². The van der Waals surface area contributed by atoms with Crippen molar-refractivity contribution >= 4 is 17.5 Å². The van der Waals surface area contributed by atoms with E-state index >= 15 is 0 Å². The molecule has 1 aliphatic rings. The Hall–Kier alpha value is -2.40. The zero-order chi connectivity index (χ0) is 18.7. The molecular formula is C20H22ClNO4. The monoisotopic (exact) mass is 375 g/mol. The highest BCUT2D eigenvalue weighted by Crippen LogP contribution is 2.32. The molecule has 0 aliphatic carbocycles. The molecule has 1 amide bonds. The smallest absolute Gasteiger partial charge is 0.227 e. The highest BCUT2D eigenvalue weighted by Gasteiger charge is 2.27. The summed E-state index contributed by atoms with van der Waals surface area (Å²) in [6, 6.07) is 10.8. The summed E-state index contributed by atoms with van der Waals surface area (Å²) >= 11 is 6.05. The molecule has 0 saturated heterocycles. The normalized spacial score (nSPS) is 16.8. The Bertz CT molecular complexity index is 808. The molecule has 0 fully saturated rings. The highest BCUT2D eigenvalue weighted by atomic mass is 35.5. The molecule has 2 atom stereocenters. The highest BCUT2D eigenvalue weighted by molar-refractivity contribution is 6.30. The van der Waals surface area contributed by atoms with E-state index in [2.05, 4.69) is 5.32 Å². The van der Waals surface area contributed by atoms with Crippen LogP contribution >= 0.6 is 11.6 Å². The number of benzene rings is 2. The van der Waals surface area contributed by atoms with E-state index in [1.165, 1.54) is 0 Å². The maximum Gasteiger partial charge on any atom is 0.227 e. The summed E-state index contributed by atoms with van der Waals surface area (Å²) in [5.41, 5.74) is 1.82. The minimum atomic E-state index is -0.264. The molecule has 0 saturated carbocycles. The molecular weight excluding hydrogens is 354 g/mol. The van der Waals surface area contributed by atoms with Crippen LogP contribution in [0.2, 0.25) is 5.02 Å². The van der Waals surface area contributed by atoms with Gasteiger partial charge in [0.1, 0.15) is 23.9 Å². The molecule has 26 heavy (non-hydrogen) atoms. The first-order chi connectivity index (χ1) is 12.5. The summed E-state index contributed by atoms with van der Waals surface area (Å²) in [6.07, 6.45) is 0.601. The van der Waals surface area contributed by atoms with Gasteiger partial charge < -0.3 is 19.5 Å². The number of nitrogens with one attached hydrogen (secondary N) is 1. The van der Waals surface area contributed by atoms with Crippen LogP contribution in [0.5, 0.6) is 17.2 Å². The predicted molar refractivity (Wildman–Crippen MR) is 100 cm³/mol. The van der Waals surface area contributed by atoms with Crippen molar-refractivity contribution in [2.45, 2.75) is 19.4 Å². The summed E-state index contributed by atoms with van der Waals surface area (Å²) in [5, 5.41) is 3.69. The summed E-state index contributed by atoms with van der Waals surface area (Å²) in [7, 11) is 3.21. The van der Waals surface area contributed by atoms with Gasteiger partial charge >= 0.3 is 0 Å². The van der Waals surface area contributed by atoms with E-state index < -0.39 is 0 Å². The van der Waals surface area contributed by atoms with Gasteiger partial charge in [0.15, 0.2) is 0 Å². The average Bonchev–Trinajstić information content (AvgIpc) is 2.66. The summed E-state index contributed by atoms with van der Waals surface area (Å²) < 4.78 is 16.4. The van der Waals surface area contributed by atoms with Crippen LogP contribution in [0, 0.1) is 5.92 Å². The van der Waals surface area contributed by atoms with Crippen LogP contribution < -0.4 is 19.5 Å². The zero-order valence-corrected chi connectivity index (χ0v) is 15.8. The number of carbonyl (C=O) groups is 1. The van der Waals surface area contributed by atoms with E-state index in [9.17, 15) is 4.79 Å². The Morgan fingerprint density at radius 1 is 1.23 bits per heavy atom. The van der Waals surface area contributed by atoms with Crippen molar-refractivity contribution in [3.8, 4) is 17.2 Å².